The first-order chi connectivity index (χ1) is 34.9. The molecule has 11 heteroatoms. The van der Waals surface area contributed by atoms with Gasteiger partial charge in [0.2, 0.25) is 0 Å². The lowest BCUT2D eigenvalue weighted by Crippen LogP contribution is -3.24. The Morgan fingerprint density at radius 1 is 0.569 bits per heavy atom. The second-order valence-electron chi connectivity index (χ2n) is 26.6. The summed E-state index contributed by atoms with van der Waals surface area (Å²) in [5.41, 5.74) is 6.06. The van der Waals surface area contributed by atoms with E-state index in [1.54, 1.807) is 11.2 Å². The monoisotopic (exact) mass is 1020 g/mol. The summed E-state index contributed by atoms with van der Waals surface area (Å²) in [7, 11) is 0. The molecule has 10 aliphatic rings. The maximum absolute atomic E-state index is 12.3. The predicted octanol–water partition coefficient (Wildman–Crippen LogP) is 11.9. The minimum Gasteiger partial charge on any atom is -0.472 e. The molecule has 0 radical (unpaired) electrons. The van der Waals surface area contributed by atoms with E-state index in [4.69, 9.17) is 17.7 Å². The number of hydrogen-bond donors (Lipinski definition) is 3. The Morgan fingerprint density at radius 2 is 1.11 bits per heavy atom. The highest BCUT2D eigenvalue weighted by Crippen LogP contribution is 2.65. The van der Waals surface area contributed by atoms with Crippen molar-refractivity contribution in [3.8, 4) is 0 Å². The number of nitrogens with one attached hydrogen (secondary N) is 1. The number of fused-ring (bicyclic) bond motifs is 4. The third kappa shape index (κ3) is 8.53. The Balaban J connectivity index is 0.000000140. The largest absolute Gasteiger partial charge is 0.472 e. The molecular formula is C61H86N3O6S2+. The van der Waals surface area contributed by atoms with Gasteiger partial charge in [-0.1, -0.05) is 20.8 Å². The molecular weight excluding hydrogens is 935 g/mol. The first-order valence-electron chi connectivity index (χ1n) is 29.0. The molecule has 72 heavy (non-hydrogen) atoms. The van der Waals surface area contributed by atoms with Crippen molar-refractivity contribution in [2.24, 2.45) is 40.4 Å². The summed E-state index contributed by atoms with van der Waals surface area (Å²) in [6.07, 6.45) is 35.9. The van der Waals surface area contributed by atoms with Crippen LogP contribution in [0.1, 0.15) is 183 Å². The maximum atomic E-state index is 12.3. The van der Waals surface area contributed by atoms with E-state index in [2.05, 4.69) is 85.3 Å². The number of hydrogen-bond acceptors (Lipinski definition) is 10. The van der Waals surface area contributed by atoms with E-state index in [1.807, 2.05) is 43.8 Å². The minimum absolute atomic E-state index is 0.0274. The molecule has 3 N–H and O–H groups in total. The lowest BCUT2D eigenvalue weighted by Gasteiger charge is -2.55. The smallest absolute Gasteiger partial charge is 0.121 e. The van der Waals surface area contributed by atoms with Crippen molar-refractivity contribution in [2.45, 2.75) is 207 Å². The topological polar surface area (TPSA) is 104 Å². The summed E-state index contributed by atoms with van der Waals surface area (Å²) in [5, 5.41) is 24.0. The highest BCUT2D eigenvalue weighted by Gasteiger charge is 2.63. The fraction of sp³-hybridized carbons (Fsp3) is 0.738. The molecule has 4 spiro atoms. The Bertz CT molecular complexity index is 2410. The molecule has 0 amide bonds. The van der Waals surface area contributed by atoms with Crippen LogP contribution in [0.15, 0.2) is 92.0 Å². The van der Waals surface area contributed by atoms with Gasteiger partial charge in [-0.3, -0.25) is 9.80 Å². The molecule has 10 fully saturated rings. The van der Waals surface area contributed by atoms with Crippen LogP contribution in [0.3, 0.4) is 0 Å². The van der Waals surface area contributed by atoms with Crippen molar-refractivity contribution in [2.75, 3.05) is 31.1 Å². The molecule has 2 aliphatic carbocycles. The molecule has 9 nitrogen and oxygen atoms in total. The van der Waals surface area contributed by atoms with Crippen molar-refractivity contribution in [1.82, 2.24) is 9.80 Å². The first kappa shape index (κ1) is 49.2. The molecule has 12 heterocycles. The molecule has 0 aromatic carbocycles. The zero-order valence-corrected chi connectivity index (χ0v) is 45.5. The van der Waals surface area contributed by atoms with Crippen LogP contribution in [0.25, 0.3) is 0 Å². The van der Waals surface area contributed by atoms with E-state index < -0.39 is 0 Å². The van der Waals surface area contributed by atoms with Crippen molar-refractivity contribution in [3.05, 3.63) is 96.6 Å². The molecule has 0 bridgehead atoms. The summed E-state index contributed by atoms with van der Waals surface area (Å²) in [4.78, 5) is 7.42. The van der Waals surface area contributed by atoms with Gasteiger partial charge in [0.05, 0.1) is 73.5 Å². The average molecular weight is 1020 g/mol. The molecule has 8 saturated heterocycles. The zero-order chi connectivity index (χ0) is 49.0. The van der Waals surface area contributed by atoms with Gasteiger partial charge in [0.15, 0.2) is 0 Å². The third-order valence-electron chi connectivity index (χ3n) is 22.6. The van der Waals surface area contributed by atoms with Gasteiger partial charge in [0.1, 0.15) is 12.1 Å². The number of nitrogens with zero attached hydrogens (tertiary/aromatic N) is 2. The maximum Gasteiger partial charge on any atom is 0.121 e. The van der Waals surface area contributed by atoms with Gasteiger partial charge in [-0.15, -0.1) is 11.8 Å². The number of piperidine rings is 6. The fourth-order valence-electron chi connectivity index (χ4n) is 19.0. The lowest BCUT2D eigenvalue weighted by atomic mass is 9.55. The first-order valence-corrected chi connectivity index (χ1v) is 31.0. The second kappa shape index (κ2) is 19.3. The highest BCUT2D eigenvalue weighted by atomic mass is 32.2. The summed E-state index contributed by atoms with van der Waals surface area (Å²) in [5.74, 6) is 6.61. The number of quaternary nitrogens is 1. The van der Waals surface area contributed by atoms with Crippen molar-refractivity contribution >= 4 is 23.5 Å². The molecule has 8 aliphatic heterocycles. The van der Waals surface area contributed by atoms with Gasteiger partial charge in [-0.2, -0.15) is 11.8 Å². The van der Waals surface area contributed by atoms with Crippen LogP contribution in [0.4, 0.5) is 0 Å². The number of furan rings is 4. The van der Waals surface area contributed by atoms with E-state index >= 15 is 0 Å². The molecule has 20 atom stereocenters. The van der Waals surface area contributed by atoms with Gasteiger partial charge in [-0.25, -0.2) is 0 Å². The van der Waals surface area contributed by atoms with E-state index in [-0.39, 0.29) is 21.7 Å². The average Bonchev–Trinajstić information content (AvgIpc) is 4.25. The summed E-state index contributed by atoms with van der Waals surface area (Å²) in [6, 6.07) is 12.0. The quantitative estimate of drug-likeness (QED) is 0.183. The standard InChI is InChI=1S/C31H43NO3S.C30H42N2O3S/c1-20-3-5-25(22-9-13-34-15-22)28-24(20)7-12-31(29(28)33)17-30(19-36-31)11-8-26-21(2)4-6-27(32(26)18-30)23-10-14-35-16-23;1-20-3-6-26(23-9-12-35-15-23)32-17-29(10-7-25(20)32)16-30(36-19-29)13-27(33)28-24(22-8-11-34-14-22)5-4-21(2)31(28)18-30/h9-10,13-16,20-21,24-29,33H,3-8,11-12,17-19H2,1-2H3;8-9,11-12,14-15,20-21,24-28,33H,3-7,10,13,16-19H2,1-2H3/p+1/t20-,21-,24+,25?,26+,27?,28?,29+,30+,31+;20-,21-,24?,25+,26?,27-,28?,29+,30+/m11/s1. The third-order valence-corrected chi connectivity index (χ3v) is 26.4. The lowest BCUT2D eigenvalue weighted by molar-refractivity contribution is -0.965. The van der Waals surface area contributed by atoms with Crippen molar-refractivity contribution in [1.29, 1.82) is 0 Å². The number of rotatable bonds is 4. The summed E-state index contributed by atoms with van der Waals surface area (Å²) in [6.45, 7) is 13.4. The van der Waals surface area contributed by atoms with Crippen LogP contribution in [-0.2, 0) is 0 Å². The number of aliphatic hydroxyl groups is 2. The molecule has 14 rings (SSSR count). The van der Waals surface area contributed by atoms with Crippen LogP contribution in [0, 0.1) is 40.4 Å². The van der Waals surface area contributed by atoms with E-state index in [0.29, 0.717) is 76.7 Å². The van der Waals surface area contributed by atoms with E-state index in [0.717, 1.165) is 18.3 Å². The Labute approximate surface area is 438 Å². The summed E-state index contributed by atoms with van der Waals surface area (Å²) >= 11 is 4.38. The SMILES string of the molecule is C[C@@H]1CCC(c2ccoc2)C2[C@H]1CC[C@]1(C[C@]3(CC[C@H]4[C@H](C)CCC(c5ccoc5)N4C3)CS1)[C@H]2O.C[C@@H]1CCC(c2ccoc2)N2C[C@@]3(CC[C@@H]12)CS[C@@]1(C[C@@H](O)C2C(c4ccoc4)CC[C@@H](C)[NH+]2C1)C3. The van der Waals surface area contributed by atoms with Crippen LogP contribution in [-0.4, -0.2) is 97.0 Å². The molecule has 4 aromatic rings. The van der Waals surface area contributed by atoms with Gasteiger partial charge in [-0.05, 0) is 198 Å². The van der Waals surface area contributed by atoms with Crippen molar-refractivity contribution in [3.63, 3.8) is 0 Å². The zero-order valence-electron chi connectivity index (χ0n) is 43.9. The van der Waals surface area contributed by atoms with Crippen LogP contribution >= 0.6 is 23.5 Å². The Hall–Kier alpha value is -2.38. The second-order valence-corrected chi connectivity index (χ2v) is 29.5. The summed E-state index contributed by atoms with van der Waals surface area (Å²) < 4.78 is 22.3. The predicted molar refractivity (Wildman–Crippen MR) is 286 cm³/mol. The van der Waals surface area contributed by atoms with Crippen LogP contribution in [0.2, 0.25) is 0 Å². The number of thioether (sulfide) groups is 2. The van der Waals surface area contributed by atoms with E-state index in [9.17, 15) is 10.2 Å². The highest BCUT2D eigenvalue weighted by molar-refractivity contribution is 8.01. The molecule has 7 unspecified atom stereocenters. The van der Waals surface area contributed by atoms with Crippen molar-refractivity contribution < 1.29 is 32.8 Å². The fourth-order valence-corrected chi connectivity index (χ4v) is 22.8. The van der Waals surface area contributed by atoms with Gasteiger partial charge in [0, 0.05) is 70.6 Å². The number of aliphatic hydroxyl groups excluding tert-OH is 2. The van der Waals surface area contributed by atoms with Gasteiger partial charge < -0.3 is 32.8 Å². The van der Waals surface area contributed by atoms with Crippen LogP contribution in [0.5, 0.6) is 0 Å². The normalized spacial score (nSPS) is 47.2. The molecule has 2 saturated carbocycles. The minimum atomic E-state index is -0.232. The molecule has 4 aromatic heterocycles. The van der Waals surface area contributed by atoms with Crippen LogP contribution < -0.4 is 4.90 Å². The molecule has 392 valence electrons. The van der Waals surface area contributed by atoms with E-state index in [1.165, 1.54) is 156 Å². The van der Waals surface area contributed by atoms with Gasteiger partial charge in [0.25, 0.3) is 0 Å². The Morgan fingerprint density at radius 3 is 1.71 bits per heavy atom. The Kier molecular flexibility index (Phi) is 13.2. The van der Waals surface area contributed by atoms with Gasteiger partial charge >= 0.3 is 0 Å².